The minimum absolute atomic E-state index is 0.0630. The molecule has 0 aliphatic heterocycles. The van der Waals surface area contributed by atoms with Gasteiger partial charge in [0.05, 0.1) is 6.10 Å². The van der Waals surface area contributed by atoms with Gasteiger partial charge in [-0.3, -0.25) is 19.4 Å². The highest BCUT2D eigenvalue weighted by molar-refractivity contribution is 5.94. The third-order valence-electron chi connectivity index (χ3n) is 5.05. The molecule has 0 fully saturated rings. The van der Waals surface area contributed by atoms with E-state index in [1.807, 2.05) is 0 Å². The first kappa shape index (κ1) is 29.3. The van der Waals surface area contributed by atoms with Gasteiger partial charge in [-0.25, -0.2) is 4.79 Å². The van der Waals surface area contributed by atoms with E-state index in [0.717, 1.165) is 5.56 Å². The molecule has 0 radical (unpaired) electrons. The molecule has 1 aromatic rings. The zero-order valence-electron chi connectivity index (χ0n) is 19.8. The van der Waals surface area contributed by atoms with Crippen LogP contribution in [0.15, 0.2) is 35.3 Å². The van der Waals surface area contributed by atoms with Gasteiger partial charge < -0.3 is 43.4 Å². The van der Waals surface area contributed by atoms with Gasteiger partial charge in [-0.15, -0.1) is 0 Å². The fourth-order valence-electron chi connectivity index (χ4n) is 2.98. The lowest BCUT2D eigenvalue weighted by molar-refractivity contribution is -0.142. The Morgan fingerprint density at radius 1 is 0.943 bits per heavy atom. The van der Waals surface area contributed by atoms with Crippen molar-refractivity contribution in [3.63, 3.8) is 0 Å². The van der Waals surface area contributed by atoms with Crippen LogP contribution in [0.25, 0.3) is 0 Å². The molecule has 11 N–H and O–H groups in total. The van der Waals surface area contributed by atoms with Crippen LogP contribution < -0.4 is 33.2 Å². The minimum atomic E-state index is -1.25. The van der Waals surface area contributed by atoms with Crippen molar-refractivity contribution in [2.45, 2.75) is 63.4 Å². The predicted octanol–water partition coefficient (Wildman–Crippen LogP) is -2.45. The molecule has 1 aromatic carbocycles. The van der Waals surface area contributed by atoms with Crippen molar-refractivity contribution in [3.05, 3.63) is 35.9 Å². The molecule has 0 saturated carbocycles. The average molecular weight is 494 g/mol. The lowest BCUT2D eigenvalue weighted by atomic mass is 10.0. The summed E-state index contributed by atoms with van der Waals surface area (Å²) < 4.78 is 0. The van der Waals surface area contributed by atoms with Crippen molar-refractivity contribution in [3.8, 4) is 0 Å². The number of hydrogen-bond donors (Lipinski definition) is 8. The number of aliphatic hydroxyl groups excluding tert-OH is 1. The summed E-state index contributed by atoms with van der Waals surface area (Å²) in [6, 6.07) is 4.15. The van der Waals surface area contributed by atoms with Crippen LogP contribution in [0.3, 0.4) is 0 Å². The second-order valence-corrected chi connectivity index (χ2v) is 8.10. The summed E-state index contributed by atoms with van der Waals surface area (Å²) in [7, 11) is 0. The Morgan fingerprint density at radius 3 is 2.09 bits per heavy atom. The normalized spacial score (nSPS) is 15.0. The number of hydrogen-bond acceptors (Lipinski definition) is 7. The van der Waals surface area contributed by atoms with E-state index in [1.54, 1.807) is 30.3 Å². The highest BCUT2D eigenvalue weighted by Crippen LogP contribution is 2.06. The third kappa shape index (κ3) is 10.8. The first-order valence-corrected chi connectivity index (χ1v) is 11.1. The standard InChI is InChI=1S/C22H35N7O6/c1-12(27-20(33)17(23)13(2)30)18(31)29-16(11-14-7-4-3-5-8-14)19(32)28-15(21(34)35)9-6-10-26-22(24)25/h3-5,7-8,12-13,15-17,30H,6,9-11,23H2,1-2H3,(H,27,33)(H,28,32)(H,29,31)(H,34,35)(H4,24,25,26). The fourth-order valence-corrected chi connectivity index (χ4v) is 2.98. The van der Waals surface area contributed by atoms with Crippen LogP contribution in [0.2, 0.25) is 0 Å². The van der Waals surface area contributed by atoms with E-state index >= 15 is 0 Å². The van der Waals surface area contributed by atoms with Crippen molar-refractivity contribution < 1.29 is 29.4 Å². The van der Waals surface area contributed by atoms with Crippen molar-refractivity contribution in [1.29, 1.82) is 0 Å². The summed E-state index contributed by atoms with van der Waals surface area (Å²) in [4.78, 5) is 53.2. The number of nitrogens with one attached hydrogen (secondary N) is 3. The SMILES string of the molecule is CC(NC(=O)C(N)C(C)O)C(=O)NC(Cc1ccccc1)C(=O)NC(CCCN=C(N)N)C(=O)O. The number of aliphatic carboxylic acids is 1. The lowest BCUT2D eigenvalue weighted by Gasteiger charge is -2.24. The molecule has 5 atom stereocenters. The van der Waals surface area contributed by atoms with E-state index in [-0.39, 0.29) is 25.3 Å². The van der Waals surface area contributed by atoms with E-state index in [4.69, 9.17) is 17.2 Å². The maximum absolute atomic E-state index is 13.0. The molecule has 5 unspecified atom stereocenters. The van der Waals surface area contributed by atoms with Gasteiger partial charge in [0.25, 0.3) is 0 Å². The van der Waals surface area contributed by atoms with Gasteiger partial charge in [0, 0.05) is 13.0 Å². The number of guanidine groups is 1. The molecule has 0 aromatic heterocycles. The van der Waals surface area contributed by atoms with E-state index < -0.39 is 54.0 Å². The Labute approximate surface area is 203 Å². The Balaban J connectivity index is 2.93. The highest BCUT2D eigenvalue weighted by atomic mass is 16.4. The number of benzene rings is 1. The maximum Gasteiger partial charge on any atom is 0.326 e. The fraction of sp³-hybridized carbons (Fsp3) is 0.500. The van der Waals surface area contributed by atoms with Crippen molar-refractivity contribution in [1.82, 2.24) is 16.0 Å². The number of aliphatic hydroxyl groups is 1. The molecule has 0 spiro atoms. The number of nitrogens with two attached hydrogens (primary N) is 3. The first-order valence-electron chi connectivity index (χ1n) is 11.1. The molecule has 0 saturated heterocycles. The molecule has 0 heterocycles. The summed E-state index contributed by atoms with van der Waals surface area (Å²) in [5, 5.41) is 26.3. The van der Waals surface area contributed by atoms with Crippen LogP contribution in [0.1, 0.15) is 32.3 Å². The molecule has 0 bridgehead atoms. The smallest absolute Gasteiger partial charge is 0.326 e. The summed E-state index contributed by atoms with van der Waals surface area (Å²) in [5.74, 6) is -3.51. The van der Waals surface area contributed by atoms with Gasteiger partial charge in [-0.2, -0.15) is 0 Å². The van der Waals surface area contributed by atoms with Gasteiger partial charge in [-0.05, 0) is 32.3 Å². The first-order chi connectivity index (χ1) is 16.4. The number of carbonyl (C=O) groups excluding carboxylic acids is 3. The molecule has 13 heteroatoms. The lowest BCUT2D eigenvalue weighted by Crippen LogP contribution is -2.57. The van der Waals surface area contributed by atoms with Crippen molar-refractivity contribution >= 4 is 29.7 Å². The summed E-state index contributed by atoms with van der Waals surface area (Å²) >= 11 is 0. The summed E-state index contributed by atoms with van der Waals surface area (Å²) in [6.07, 6.45) is -0.681. The van der Waals surface area contributed by atoms with Crippen LogP contribution >= 0.6 is 0 Å². The molecule has 1 rings (SSSR count). The number of aliphatic imine (C=N–C) groups is 1. The molecular formula is C22H35N7O6. The predicted molar refractivity (Wildman–Crippen MR) is 129 cm³/mol. The quantitative estimate of drug-likeness (QED) is 0.0778. The third-order valence-corrected chi connectivity index (χ3v) is 5.05. The average Bonchev–Trinajstić information content (AvgIpc) is 2.79. The second-order valence-electron chi connectivity index (χ2n) is 8.10. The highest BCUT2D eigenvalue weighted by Gasteiger charge is 2.29. The molecule has 194 valence electrons. The van der Waals surface area contributed by atoms with E-state index in [0.29, 0.717) is 6.42 Å². The van der Waals surface area contributed by atoms with Crippen LogP contribution in [-0.2, 0) is 25.6 Å². The van der Waals surface area contributed by atoms with Gasteiger partial charge in [0.15, 0.2) is 5.96 Å². The number of rotatable bonds is 14. The topological polar surface area (TPSA) is 235 Å². The summed E-state index contributed by atoms with van der Waals surface area (Å²) in [6.45, 7) is 2.92. The number of nitrogens with zero attached hydrogens (tertiary/aromatic N) is 1. The van der Waals surface area contributed by atoms with Gasteiger partial charge in [-0.1, -0.05) is 30.3 Å². The van der Waals surface area contributed by atoms with Crippen LogP contribution in [0.4, 0.5) is 0 Å². The van der Waals surface area contributed by atoms with E-state index in [1.165, 1.54) is 13.8 Å². The minimum Gasteiger partial charge on any atom is -0.480 e. The molecule has 0 aliphatic carbocycles. The Morgan fingerprint density at radius 2 is 1.54 bits per heavy atom. The zero-order chi connectivity index (χ0) is 26.5. The van der Waals surface area contributed by atoms with Crippen LogP contribution in [0.5, 0.6) is 0 Å². The number of carbonyl (C=O) groups is 4. The van der Waals surface area contributed by atoms with E-state index in [9.17, 15) is 29.4 Å². The number of carboxylic acids is 1. The second kappa shape index (κ2) is 14.5. The molecule has 3 amide bonds. The van der Waals surface area contributed by atoms with Gasteiger partial charge in [0.1, 0.15) is 24.2 Å². The Bertz CT molecular complexity index is 890. The monoisotopic (exact) mass is 493 g/mol. The summed E-state index contributed by atoms with van der Waals surface area (Å²) in [5.41, 5.74) is 16.8. The maximum atomic E-state index is 13.0. The van der Waals surface area contributed by atoms with Gasteiger partial charge in [0.2, 0.25) is 17.7 Å². The Kier molecular flexibility index (Phi) is 12.2. The van der Waals surface area contributed by atoms with Crippen LogP contribution in [0, 0.1) is 0 Å². The molecular weight excluding hydrogens is 458 g/mol. The van der Waals surface area contributed by atoms with Crippen LogP contribution in [-0.4, -0.2) is 76.7 Å². The zero-order valence-corrected chi connectivity index (χ0v) is 19.8. The molecule has 35 heavy (non-hydrogen) atoms. The molecule has 0 aliphatic rings. The Hall–Kier alpha value is -3.71. The van der Waals surface area contributed by atoms with Crippen molar-refractivity contribution in [2.24, 2.45) is 22.2 Å². The van der Waals surface area contributed by atoms with Crippen molar-refractivity contribution in [2.75, 3.05) is 6.54 Å². The number of amides is 3. The van der Waals surface area contributed by atoms with Gasteiger partial charge >= 0.3 is 5.97 Å². The largest absolute Gasteiger partial charge is 0.480 e. The molecule has 13 nitrogen and oxygen atoms in total. The van der Waals surface area contributed by atoms with E-state index in [2.05, 4.69) is 20.9 Å². The number of carboxylic acid groups (broad SMARTS) is 1.